The van der Waals surface area contributed by atoms with E-state index in [1.807, 2.05) is 0 Å². The standard InChI is InChI=1S/C18H17F3N6O/c19-18(20,21)13-3-1-12(2-4-13)11-28-17-9-23-8-16(17)27-10-15(25-26-27)14-7-22-5-6-24-14/h1-7,10,16-17,23H,8-9,11H2/t16-,17-/m1/s1. The van der Waals surface area contributed by atoms with Crippen LogP contribution in [0.4, 0.5) is 13.2 Å². The summed E-state index contributed by atoms with van der Waals surface area (Å²) in [7, 11) is 0. The van der Waals surface area contributed by atoms with Crippen molar-refractivity contribution in [3.05, 3.63) is 60.2 Å². The first-order valence-corrected chi connectivity index (χ1v) is 8.67. The second kappa shape index (κ2) is 7.64. The molecule has 1 aliphatic heterocycles. The van der Waals surface area contributed by atoms with Crippen molar-refractivity contribution in [1.82, 2.24) is 30.3 Å². The fourth-order valence-corrected chi connectivity index (χ4v) is 3.06. The van der Waals surface area contributed by atoms with E-state index in [0.29, 0.717) is 30.0 Å². The van der Waals surface area contributed by atoms with Crippen molar-refractivity contribution >= 4 is 0 Å². The van der Waals surface area contributed by atoms with Crippen molar-refractivity contribution in [3.8, 4) is 11.4 Å². The van der Waals surface area contributed by atoms with E-state index in [-0.39, 0.29) is 18.8 Å². The van der Waals surface area contributed by atoms with E-state index < -0.39 is 11.7 Å². The van der Waals surface area contributed by atoms with Gasteiger partial charge in [0, 0.05) is 25.5 Å². The van der Waals surface area contributed by atoms with Crippen LogP contribution in [-0.2, 0) is 17.5 Å². The molecule has 146 valence electrons. The predicted octanol–water partition coefficient (Wildman–Crippen LogP) is 2.48. The summed E-state index contributed by atoms with van der Waals surface area (Å²) in [5.41, 5.74) is 1.25. The zero-order valence-electron chi connectivity index (χ0n) is 14.7. The maximum Gasteiger partial charge on any atom is 0.416 e. The molecule has 0 aliphatic carbocycles. The highest BCUT2D eigenvalue weighted by Gasteiger charge is 2.31. The largest absolute Gasteiger partial charge is 0.416 e. The molecule has 0 saturated carbocycles. The van der Waals surface area contributed by atoms with Crippen LogP contribution in [0.25, 0.3) is 11.4 Å². The summed E-state index contributed by atoms with van der Waals surface area (Å²) in [6.45, 7) is 1.49. The molecule has 1 saturated heterocycles. The van der Waals surface area contributed by atoms with E-state index in [4.69, 9.17) is 4.74 Å². The predicted molar refractivity (Wildman–Crippen MR) is 93.0 cm³/mol. The average molecular weight is 390 g/mol. The Morgan fingerprint density at radius 1 is 1.11 bits per heavy atom. The number of aromatic nitrogens is 5. The van der Waals surface area contributed by atoms with Gasteiger partial charge in [-0.15, -0.1) is 5.10 Å². The summed E-state index contributed by atoms with van der Waals surface area (Å²) >= 11 is 0. The summed E-state index contributed by atoms with van der Waals surface area (Å²) in [5, 5.41) is 11.6. The van der Waals surface area contributed by atoms with Gasteiger partial charge in [-0.2, -0.15) is 13.2 Å². The van der Waals surface area contributed by atoms with Gasteiger partial charge in [-0.1, -0.05) is 17.3 Å². The molecule has 0 bridgehead atoms. The van der Waals surface area contributed by atoms with E-state index in [0.717, 1.165) is 12.1 Å². The molecule has 0 unspecified atom stereocenters. The molecule has 1 fully saturated rings. The van der Waals surface area contributed by atoms with Crippen LogP contribution in [0.2, 0.25) is 0 Å². The van der Waals surface area contributed by atoms with Crippen LogP contribution in [-0.4, -0.2) is 44.2 Å². The van der Waals surface area contributed by atoms with E-state index in [2.05, 4.69) is 25.6 Å². The van der Waals surface area contributed by atoms with E-state index >= 15 is 0 Å². The lowest BCUT2D eigenvalue weighted by Crippen LogP contribution is -2.26. The first-order valence-electron chi connectivity index (χ1n) is 8.67. The fraction of sp³-hybridized carbons (Fsp3) is 0.333. The Morgan fingerprint density at radius 2 is 1.93 bits per heavy atom. The summed E-state index contributed by atoms with van der Waals surface area (Å²) in [6, 6.07) is 4.91. The third-order valence-corrected chi connectivity index (χ3v) is 4.55. The molecule has 0 amide bonds. The van der Waals surface area contributed by atoms with E-state index in [1.165, 1.54) is 12.1 Å². The van der Waals surface area contributed by atoms with Gasteiger partial charge in [0.15, 0.2) is 0 Å². The summed E-state index contributed by atoms with van der Waals surface area (Å²) in [6.07, 6.45) is 2.05. The number of alkyl halides is 3. The highest BCUT2D eigenvalue weighted by atomic mass is 19.4. The van der Waals surface area contributed by atoms with Crippen LogP contribution in [0.1, 0.15) is 17.2 Å². The number of hydrogen-bond donors (Lipinski definition) is 1. The van der Waals surface area contributed by atoms with Crippen LogP contribution < -0.4 is 5.32 Å². The molecule has 10 heteroatoms. The maximum absolute atomic E-state index is 12.7. The van der Waals surface area contributed by atoms with Gasteiger partial charge in [0.1, 0.15) is 11.4 Å². The molecule has 2 atom stereocenters. The van der Waals surface area contributed by atoms with Gasteiger partial charge in [-0.05, 0) is 17.7 Å². The molecular weight excluding hydrogens is 373 g/mol. The Balaban J connectivity index is 1.41. The molecule has 1 aliphatic rings. The quantitative estimate of drug-likeness (QED) is 0.721. The number of halogens is 3. The summed E-state index contributed by atoms with van der Waals surface area (Å²) in [5.74, 6) is 0. The molecular formula is C18H17F3N6O. The molecule has 0 radical (unpaired) electrons. The smallest absolute Gasteiger partial charge is 0.370 e. The van der Waals surface area contributed by atoms with E-state index in [9.17, 15) is 13.2 Å². The van der Waals surface area contributed by atoms with Crippen LogP contribution in [0.5, 0.6) is 0 Å². The monoisotopic (exact) mass is 390 g/mol. The Kier molecular flexibility index (Phi) is 5.05. The average Bonchev–Trinajstić information content (AvgIpc) is 3.36. The topological polar surface area (TPSA) is 77.8 Å². The number of ether oxygens (including phenoxy) is 1. The van der Waals surface area contributed by atoms with Crippen LogP contribution in [0.15, 0.2) is 49.1 Å². The van der Waals surface area contributed by atoms with Gasteiger partial charge in [0.05, 0.1) is 36.7 Å². The van der Waals surface area contributed by atoms with Crippen molar-refractivity contribution in [2.24, 2.45) is 0 Å². The Labute approximate surface area is 158 Å². The first kappa shape index (κ1) is 18.5. The minimum atomic E-state index is -4.34. The molecule has 4 rings (SSSR count). The lowest BCUT2D eigenvalue weighted by atomic mass is 10.1. The van der Waals surface area contributed by atoms with Gasteiger partial charge in [0.2, 0.25) is 0 Å². The molecule has 1 N–H and O–H groups in total. The molecule has 2 aromatic heterocycles. The SMILES string of the molecule is FC(F)(F)c1ccc(CO[C@@H]2CNC[C@H]2n2cc(-c3cnccn3)nn2)cc1. The minimum Gasteiger partial charge on any atom is -0.370 e. The number of nitrogens with one attached hydrogen (secondary N) is 1. The number of benzene rings is 1. The normalized spacial score (nSPS) is 19.8. The summed E-state index contributed by atoms with van der Waals surface area (Å²) < 4.78 is 45.6. The number of nitrogens with zero attached hydrogens (tertiary/aromatic N) is 5. The van der Waals surface area contributed by atoms with Crippen molar-refractivity contribution < 1.29 is 17.9 Å². The Bertz CT molecular complexity index is 913. The second-order valence-electron chi connectivity index (χ2n) is 6.44. The zero-order valence-corrected chi connectivity index (χ0v) is 14.7. The van der Waals surface area contributed by atoms with Crippen LogP contribution in [0, 0.1) is 0 Å². The maximum atomic E-state index is 12.7. The van der Waals surface area contributed by atoms with Crippen molar-refractivity contribution in [3.63, 3.8) is 0 Å². The lowest BCUT2D eigenvalue weighted by molar-refractivity contribution is -0.137. The molecule has 3 heterocycles. The molecule has 3 aromatic rings. The van der Waals surface area contributed by atoms with Crippen molar-refractivity contribution in [1.29, 1.82) is 0 Å². The minimum absolute atomic E-state index is 0.0765. The van der Waals surface area contributed by atoms with E-state index in [1.54, 1.807) is 29.5 Å². The highest BCUT2D eigenvalue weighted by molar-refractivity contribution is 5.49. The summed E-state index contributed by atoms with van der Waals surface area (Å²) in [4.78, 5) is 8.22. The van der Waals surface area contributed by atoms with Gasteiger partial charge < -0.3 is 10.1 Å². The van der Waals surface area contributed by atoms with Gasteiger partial charge in [-0.25, -0.2) is 4.68 Å². The Morgan fingerprint density at radius 3 is 2.64 bits per heavy atom. The van der Waals surface area contributed by atoms with Crippen molar-refractivity contribution in [2.45, 2.75) is 24.9 Å². The highest BCUT2D eigenvalue weighted by Crippen LogP contribution is 2.29. The molecule has 28 heavy (non-hydrogen) atoms. The Hall–Kier alpha value is -2.85. The molecule has 7 nitrogen and oxygen atoms in total. The zero-order chi connectivity index (χ0) is 19.6. The van der Waals surface area contributed by atoms with Crippen LogP contribution in [0.3, 0.4) is 0 Å². The fourth-order valence-electron chi connectivity index (χ4n) is 3.06. The molecule has 0 spiro atoms. The number of rotatable bonds is 5. The third-order valence-electron chi connectivity index (χ3n) is 4.55. The second-order valence-corrected chi connectivity index (χ2v) is 6.44. The lowest BCUT2D eigenvalue weighted by Gasteiger charge is -2.19. The number of hydrogen-bond acceptors (Lipinski definition) is 6. The van der Waals surface area contributed by atoms with Crippen LogP contribution >= 0.6 is 0 Å². The molecule has 1 aromatic carbocycles. The first-order chi connectivity index (χ1) is 13.5. The van der Waals surface area contributed by atoms with Gasteiger partial charge in [0.25, 0.3) is 0 Å². The van der Waals surface area contributed by atoms with Crippen molar-refractivity contribution in [2.75, 3.05) is 13.1 Å². The third kappa shape index (κ3) is 4.02. The van der Waals surface area contributed by atoms with Gasteiger partial charge >= 0.3 is 6.18 Å². The van der Waals surface area contributed by atoms with Gasteiger partial charge in [-0.3, -0.25) is 9.97 Å².